The highest BCUT2D eigenvalue weighted by Crippen LogP contribution is 2.43. The van der Waals surface area contributed by atoms with Gasteiger partial charge in [-0.1, -0.05) is 0 Å². The number of nitrogens with one attached hydrogen (secondary N) is 2. The van der Waals surface area contributed by atoms with E-state index in [1.807, 2.05) is 6.92 Å². The van der Waals surface area contributed by atoms with Crippen molar-refractivity contribution in [3.05, 3.63) is 40.6 Å². The number of rotatable bonds is 5. The summed E-state index contributed by atoms with van der Waals surface area (Å²) in [4.78, 5) is 39.5. The Morgan fingerprint density at radius 1 is 1.25 bits per heavy atom. The van der Waals surface area contributed by atoms with Crippen LogP contribution in [-0.2, 0) is 12.7 Å². The highest BCUT2D eigenvalue weighted by Gasteiger charge is 2.44. The van der Waals surface area contributed by atoms with Crippen LogP contribution in [0.3, 0.4) is 0 Å². The number of aromatic amines is 1. The highest BCUT2D eigenvalue weighted by molar-refractivity contribution is 6.09. The van der Waals surface area contributed by atoms with E-state index in [0.29, 0.717) is 37.2 Å². The molecule has 0 unspecified atom stereocenters. The fraction of sp³-hybridized carbons (Fsp3) is 0.500. The second-order valence-electron chi connectivity index (χ2n) is 11.7. The van der Waals surface area contributed by atoms with Crippen molar-refractivity contribution in [2.45, 2.75) is 82.8 Å². The van der Waals surface area contributed by atoms with Crippen LogP contribution in [0.5, 0.6) is 0 Å². The summed E-state index contributed by atoms with van der Waals surface area (Å²) in [6.07, 6.45) is 0.795. The maximum Gasteiger partial charge on any atom is 0.417 e. The smallest absolute Gasteiger partial charge is 0.390 e. The second-order valence-corrected chi connectivity index (χ2v) is 11.7. The molecule has 2 fully saturated rings. The van der Waals surface area contributed by atoms with Crippen LogP contribution in [0.15, 0.2) is 18.3 Å². The van der Waals surface area contributed by atoms with Gasteiger partial charge in [0.05, 0.1) is 28.6 Å². The number of nitrogen functional groups attached to an aromatic ring is 1. The van der Waals surface area contributed by atoms with Crippen molar-refractivity contribution in [2.75, 3.05) is 5.73 Å². The largest absolute Gasteiger partial charge is 0.417 e. The summed E-state index contributed by atoms with van der Waals surface area (Å²) in [6, 6.07) is 2.20. The first kappa shape index (κ1) is 26.5. The molecule has 3 aromatic rings. The summed E-state index contributed by atoms with van der Waals surface area (Å²) < 4.78 is 42.6. The number of anilines is 1. The van der Waals surface area contributed by atoms with Crippen molar-refractivity contribution in [1.82, 2.24) is 25.2 Å². The number of nitrogens with two attached hydrogens (primary N) is 1. The molecular formula is C28H31F3N6O3. The molecule has 12 heteroatoms. The number of amides is 2. The molecule has 6 rings (SSSR count). The van der Waals surface area contributed by atoms with Gasteiger partial charge in [-0.15, -0.1) is 0 Å². The molecule has 2 aromatic heterocycles. The first-order valence-corrected chi connectivity index (χ1v) is 13.6. The minimum absolute atomic E-state index is 0.0488. The monoisotopic (exact) mass is 556 g/mol. The van der Waals surface area contributed by atoms with E-state index in [1.54, 1.807) is 13.0 Å². The lowest BCUT2D eigenvalue weighted by Crippen LogP contribution is -2.42. The third-order valence-electron chi connectivity index (χ3n) is 8.59. The Morgan fingerprint density at radius 3 is 2.60 bits per heavy atom. The molecule has 2 aliphatic carbocycles. The SMILES string of the molecule is C[C@@H](C1CC1)N1Cc2cc(-c3cnc4[nH]c(N)c(C(=O)NC5CCC(C)(O)CC5)c4n3)cc(C(F)(F)F)c2C1=O. The maximum atomic E-state index is 14.2. The van der Waals surface area contributed by atoms with Crippen LogP contribution in [0.25, 0.3) is 22.4 Å². The normalized spacial score (nSPS) is 23.9. The summed E-state index contributed by atoms with van der Waals surface area (Å²) in [6.45, 7) is 3.75. The van der Waals surface area contributed by atoms with Gasteiger partial charge in [-0.05, 0) is 76.0 Å². The fourth-order valence-electron chi connectivity index (χ4n) is 5.99. The van der Waals surface area contributed by atoms with Crippen LogP contribution in [0.2, 0.25) is 0 Å². The minimum atomic E-state index is -4.75. The molecule has 40 heavy (non-hydrogen) atoms. The van der Waals surface area contributed by atoms with Gasteiger partial charge in [-0.25, -0.2) is 9.97 Å². The number of aromatic nitrogens is 3. The molecule has 1 atom stereocenters. The molecule has 0 spiro atoms. The zero-order valence-corrected chi connectivity index (χ0v) is 22.2. The van der Waals surface area contributed by atoms with Gasteiger partial charge in [0.2, 0.25) is 0 Å². The summed E-state index contributed by atoms with van der Waals surface area (Å²) >= 11 is 0. The lowest BCUT2D eigenvalue weighted by molar-refractivity contribution is -0.137. The van der Waals surface area contributed by atoms with Gasteiger partial charge < -0.3 is 26.0 Å². The van der Waals surface area contributed by atoms with E-state index in [-0.39, 0.29) is 58.0 Å². The van der Waals surface area contributed by atoms with Gasteiger partial charge in [-0.3, -0.25) is 9.59 Å². The van der Waals surface area contributed by atoms with E-state index in [1.165, 1.54) is 11.1 Å². The Kier molecular flexibility index (Phi) is 6.10. The number of hydrogen-bond acceptors (Lipinski definition) is 6. The van der Waals surface area contributed by atoms with Crippen LogP contribution in [-0.4, -0.2) is 54.5 Å². The number of nitrogens with zero attached hydrogens (tertiary/aromatic N) is 3. The molecule has 1 aromatic carbocycles. The number of halogens is 3. The molecule has 5 N–H and O–H groups in total. The quantitative estimate of drug-likeness (QED) is 0.368. The summed E-state index contributed by atoms with van der Waals surface area (Å²) in [5.74, 6) is -0.711. The Hall–Kier alpha value is -3.67. The van der Waals surface area contributed by atoms with E-state index in [0.717, 1.165) is 18.9 Å². The van der Waals surface area contributed by atoms with Crippen LogP contribution in [0.4, 0.5) is 19.0 Å². The van der Waals surface area contributed by atoms with Gasteiger partial charge in [0.1, 0.15) is 16.9 Å². The highest BCUT2D eigenvalue weighted by atomic mass is 19.4. The van der Waals surface area contributed by atoms with Crippen molar-refractivity contribution in [3.63, 3.8) is 0 Å². The zero-order chi connectivity index (χ0) is 28.6. The fourth-order valence-corrected chi connectivity index (χ4v) is 5.99. The predicted octanol–water partition coefficient (Wildman–Crippen LogP) is 4.40. The van der Waals surface area contributed by atoms with Crippen LogP contribution in [0, 0.1) is 5.92 Å². The van der Waals surface area contributed by atoms with Crippen molar-refractivity contribution < 1.29 is 27.9 Å². The Balaban J connectivity index is 1.36. The third kappa shape index (κ3) is 4.67. The molecule has 3 aliphatic rings. The van der Waals surface area contributed by atoms with Crippen molar-refractivity contribution in [1.29, 1.82) is 0 Å². The number of carbonyl (C=O) groups excluding carboxylic acids is 2. The average molecular weight is 557 g/mol. The minimum Gasteiger partial charge on any atom is -0.390 e. The van der Waals surface area contributed by atoms with Crippen molar-refractivity contribution >= 4 is 28.8 Å². The van der Waals surface area contributed by atoms with E-state index in [9.17, 15) is 27.9 Å². The van der Waals surface area contributed by atoms with Gasteiger partial charge in [0.25, 0.3) is 11.8 Å². The number of aliphatic hydroxyl groups is 1. The Labute approximate surface area is 228 Å². The molecule has 9 nitrogen and oxygen atoms in total. The number of fused-ring (bicyclic) bond motifs is 2. The number of alkyl halides is 3. The van der Waals surface area contributed by atoms with Gasteiger partial charge in [-0.2, -0.15) is 13.2 Å². The van der Waals surface area contributed by atoms with E-state index >= 15 is 0 Å². The van der Waals surface area contributed by atoms with E-state index in [4.69, 9.17) is 5.73 Å². The first-order valence-electron chi connectivity index (χ1n) is 13.6. The molecule has 212 valence electrons. The molecule has 0 radical (unpaired) electrons. The number of H-pyrrole nitrogens is 1. The van der Waals surface area contributed by atoms with E-state index in [2.05, 4.69) is 20.3 Å². The average Bonchev–Trinajstić information content (AvgIpc) is 3.61. The van der Waals surface area contributed by atoms with Crippen LogP contribution >= 0.6 is 0 Å². The van der Waals surface area contributed by atoms with E-state index < -0.39 is 29.2 Å². The lowest BCUT2D eigenvalue weighted by Gasteiger charge is -2.33. The number of hydrogen-bond donors (Lipinski definition) is 4. The molecule has 2 saturated carbocycles. The molecule has 0 bridgehead atoms. The zero-order valence-electron chi connectivity index (χ0n) is 22.2. The molecule has 3 heterocycles. The van der Waals surface area contributed by atoms with Crippen LogP contribution in [0.1, 0.15) is 84.2 Å². The Morgan fingerprint density at radius 2 is 1.95 bits per heavy atom. The maximum absolute atomic E-state index is 14.2. The number of benzene rings is 1. The summed E-state index contributed by atoms with van der Waals surface area (Å²) in [5, 5.41) is 13.1. The first-order chi connectivity index (χ1) is 18.8. The van der Waals surface area contributed by atoms with Crippen LogP contribution < -0.4 is 11.1 Å². The molecule has 0 saturated heterocycles. The topological polar surface area (TPSA) is 137 Å². The molecule has 1 aliphatic heterocycles. The molecular weight excluding hydrogens is 525 g/mol. The standard InChI is InChI=1S/C28H31F3N6O3/c1-13(14-3-4-14)37-12-16-9-15(10-18(28(29,30)31)20(16)26(37)39)19-11-33-24-22(35-19)21(23(32)36-24)25(38)34-17-5-7-27(2,40)8-6-17/h9-11,13-14,17,40H,3-8,12,32H2,1-2H3,(H,33,36)(H,34,38)/t13-,17?,27?/m0/s1. The second kappa shape index (κ2) is 9.18. The third-order valence-corrected chi connectivity index (χ3v) is 8.59. The summed E-state index contributed by atoms with van der Waals surface area (Å²) in [5.41, 5.74) is 5.05. The lowest BCUT2D eigenvalue weighted by atomic mass is 9.83. The van der Waals surface area contributed by atoms with Crippen molar-refractivity contribution in [2.24, 2.45) is 5.92 Å². The van der Waals surface area contributed by atoms with Gasteiger partial charge in [0, 0.05) is 24.2 Å². The van der Waals surface area contributed by atoms with Gasteiger partial charge >= 0.3 is 6.18 Å². The molecule has 2 amide bonds. The Bertz CT molecular complexity index is 1520. The predicted molar refractivity (Wildman–Crippen MR) is 141 cm³/mol. The van der Waals surface area contributed by atoms with Crippen molar-refractivity contribution in [3.8, 4) is 11.3 Å². The number of carbonyl (C=O) groups is 2. The van der Waals surface area contributed by atoms with Gasteiger partial charge in [0.15, 0.2) is 5.65 Å². The summed E-state index contributed by atoms with van der Waals surface area (Å²) in [7, 11) is 0.